The summed E-state index contributed by atoms with van der Waals surface area (Å²) in [5.41, 5.74) is 0.971. The van der Waals surface area contributed by atoms with Crippen LogP contribution in [-0.2, 0) is 6.54 Å². The number of hydrogen-bond donors (Lipinski definition) is 1. The Bertz CT molecular complexity index is 424. The topological polar surface area (TPSA) is 53.7 Å². The third-order valence-corrected chi connectivity index (χ3v) is 3.49. The molecular weight excluding hydrogens is 218 g/mol. The Hall–Kier alpha value is -1.29. The predicted molar refractivity (Wildman–Crippen MR) is 64.0 cm³/mol. The van der Waals surface area contributed by atoms with Crippen LogP contribution in [0.4, 0.5) is 0 Å². The minimum atomic E-state index is -1.00. The molecule has 1 aromatic rings. The lowest BCUT2D eigenvalue weighted by atomic mass is 10.2. The Kier molecular flexibility index (Phi) is 3.24. The zero-order chi connectivity index (χ0) is 12.6. The third kappa shape index (κ3) is 2.88. The van der Waals surface area contributed by atoms with E-state index in [0.717, 1.165) is 30.5 Å². The molecule has 1 N–H and O–H groups in total. The second-order valence-corrected chi connectivity index (χ2v) is 5.17. The van der Waals surface area contributed by atoms with Gasteiger partial charge in [-0.1, -0.05) is 6.92 Å². The molecule has 1 heterocycles. The third-order valence-electron chi connectivity index (χ3n) is 3.49. The molecule has 1 saturated carbocycles. The smallest absolute Gasteiger partial charge is 0.371 e. The van der Waals surface area contributed by atoms with Crippen molar-refractivity contribution in [1.29, 1.82) is 0 Å². The standard InChI is InChI=1S/C13H19NO3/c1-8-4-10(8)6-14(3)7-11-5-12(13(15)16)17-9(11)2/h5,8,10H,4,6-7H2,1-3H3,(H,15,16). The van der Waals surface area contributed by atoms with E-state index in [1.807, 2.05) is 6.92 Å². The molecule has 2 unspecified atom stereocenters. The van der Waals surface area contributed by atoms with Crippen molar-refractivity contribution in [2.75, 3.05) is 13.6 Å². The second-order valence-electron chi connectivity index (χ2n) is 5.17. The average molecular weight is 237 g/mol. The summed E-state index contributed by atoms with van der Waals surface area (Å²) in [6.45, 7) is 5.92. The number of hydrogen-bond acceptors (Lipinski definition) is 3. The van der Waals surface area contributed by atoms with Crippen molar-refractivity contribution in [3.63, 3.8) is 0 Å². The Morgan fingerprint density at radius 3 is 2.76 bits per heavy atom. The quantitative estimate of drug-likeness (QED) is 0.854. The van der Waals surface area contributed by atoms with E-state index in [2.05, 4.69) is 18.9 Å². The minimum absolute atomic E-state index is 0.0330. The minimum Gasteiger partial charge on any atom is -0.475 e. The molecule has 0 aliphatic heterocycles. The van der Waals surface area contributed by atoms with E-state index in [1.165, 1.54) is 6.42 Å². The maximum absolute atomic E-state index is 10.8. The molecule has 1 fully saturated rings. The molecule has 4 nitrogen and oxygen atoms in total. The van der Waals surface area contributed by atoms with Gasteiger partial charge in [0.2, 0.25) is 5.76 Å². The monoisotopic (exact) mass is 237 g/mol. The molecule has 17 heavy (non-hydrogen) atoms. The van der Waals surface area contributed by atoms with Gasteiger partial charge in [-0.05, 0) is 38.3 Å². The van der Waals surface area contributed by atoms with Gasteiger partial charge in [0, 0.05) is 18.7 Å². The number of rotatable bonds is 5. The summed E-state index contributed by atoms with van der Waals surface area (Å²) in [4.78, 5) is 13.0. The number of aromatic carboxylic acids is 1. The second kappa shape index (κ2) is 4.53. The van der Waals surface area contributed by atoms with Crippen LogP contribution in [-0.4, -0.2) is 29.6 Å². The van der Waals surface area contributed by atoms with Gasteiger partial charge in [-0.25, -0.2) is 4.79 Å². The van der Waals surface area contributed by atoms with Crippen molar-refractivity contribution in [3.8, 4) is 0 Å². The molecule has 0 spiro atoms. The van der Waals surface area contributed by atoms with Crippen LogP contribution in [0.1, 0.15) is 35.2 Å². The normalized spacial score (nSPS) is 23.1. The van der Waals surface area contributed by atoms with E-state index < -0.39 is 5.97 Å². The Labute approximate surface area is 101 Å². The van der Waals surface area contributed by atoms with E-state index in [4.69, 9.17) is 9.52 Å². The molecule has 2 rings (SSSR count). The summed E-state index contributed by atoms with van der Waals surface area (Å²) in [6.07, 6.45) is 1.31. The van der Waals surface area contributed by atoms with Gasteiger partial charge >= 0.3 is 5.97 Å². The first-order chi connectivity index (χ1) is 7.97. The van der Waals surface area contributed by atoms with Gasteiger partial charge < -0.3 is 14.4 Å². The zero-order valence-corrected chi connectivity index (χ0v) is 10.6. The number of aryl methyl sites for hydroxylation is 1. The predicted octanol–water partition coefficient (Wildman–Crippen LogP) is 2.37. The van der Waals surface area contributed by atoms with Crippen molar-refractivity contribution in [1.82, 2.24) is 4.90 Å². The van der Waals surface area contributed by atoms with Crippen molar-refractivity contribution in [2.45, 2.75) is 26.8 Å². The van der Waals surface area contributed by atoms with Crippen molar-refractivity contribution < 1.29 is 14.3 Å². The van der Waals surface area contributed by atoms with Gasteiger partial charge in [0.15, 0.2) is 0 Å². The highest BCUT2D eigenvalue weighted by molar-refractivity contribution is 5.84. The van der Waals surface area contributed by atoms with E-state index >= 15 is 0 Å². The molecule has 0 amide bonds. The average Bonchev–Trinajstić information content (AvgIpc) is 2.77. The Morgan fingerprint density at radius 2 is 2.29 bits per heavy atom. The van der Waals surface area contributed by atoms with Crippen molar-refractivity contribution in [2.24, 2.45) is 11.8 Å². The van der Waals surface area contributed by atoms with E-state index in [0.29, 0.717) is 5.76 Å². The zero-order valence-electron chi connectivity index (χ0n) is 10.6. The SMILES string of the molecule is Cc1oc(C(=O)O)cc1CN(C)CC1CC1C. The molecule has 0 saturated heterocycles. The van der Waals surface area contributed by atoms with Crippen LogP contribution < -0.4 is 0 Å². The lowest BCUT2D eigenvalue weighted by molar-refractivity contribution is 0.0661. The van der Waals surface area contributed by atoms with Gasteiger partial charge in [-0.2, -0.15) is 0 Å². The number of furan rings is 1. The molecular formula is C13H19NO3. The maximum Gasteiger partial charge on any atom is 0.371 e. The summed E-state index contributed by atoms with van der Waals surface area (Å²) in [6, 6.07) is 1.63. The van der Waals surface area contributed by atoms with Gasteiger partial charge in [-0.3, -0.25) is 0 Å². The van der Waals surface area contributed by atoms with Crippen LogP contribution in [0.2, 0.25) is 0 Å². The molecule has 1 aliphatic rings. The van der Waals surface area contributed by atoms with Gasteiger partial charge in [0.25, 0.3) is 0 Å². The largest absolute Gasteiger partial charge is 0.475 e. The van der Waals surface area contributed by atoms with E-state index in [-0.39, 0.29) is 5.76 Å². The van der Waals surface area contributed by atoms with Crippen LogP contribution in [0.25, 0.3) is 0 Å². The van der Waals surface area contributed by atoms with Crippen LogP contribution in [0.5, 0.6) is 0 Å². The highest BCUT2D eigenvalue weighted by Crippen LogP contribution is 2.38. The maximum atomic E-state index is 10.8. The highest BCUT2D eigenvalue weighted by atomic mass is 16.4. The molecule has 0 aromatic carbocycles. The summed E-state index contributed by atoms with van der Waals surface area (Å²) < 4.78 is 5.19. The molecule has 1 aliphatic carbocycles. The van der Waals surface area contributed by atoms with Gasteiger partial charge in [-0.15, -0.1) is 0 Å². The summed E-state index contributed by atoms with van der Waals surface area (Å²) in [7, 11) is 2.07. The van der Waals surface area contributed by atoms with Gasteiger partial charge in [0.05, 0.1) is 0 Å². The molecule has 1 aromatic heterocycles. The van der Waals surface area contributed by atoms with E-state index in [9.17, 15) is 4.79 Å². The lowest BCUT2D eigenvalue weighted by Gasteiger charge is -2.15. The van der Waals surface area contributed by atoms with Crippen LogP contribution in [0, 0.1) is 18.8 Å². The van der Waals surface area contributed by atoms with E-state index in [1.54, 1.807) is 6.07 Å². The number of carboxylic acids is 1. The number of nitrogens with zero attached hydrogens (tertiary/aromatic N) is 1. The molecule has 2 atom stereocenters. The van der Waals surface area contributed by atoms with Crippen molar-refractivity contribution in [3.05, 3.63) is 23.2 Å². The van der Waals surface area contributed by atoms with Crippen LogP contribution >= 0.6 is 0 Å². The first-order valence-electron chi connectivity index (χ1n) is 5.98. The first-order valence-corrected chi connectivity index (χ1v) is 5.98. The summed E-state index contributed by atoms with van der Waals surface area (Å²) in [5.74, 6) is 1.39. The first kappa shape index (κ1) is 12.2. The van der Waals surface area contributed by atoms with Gasteiger partial charge in [0.1, 0.15) is 5.76 Å². The van der Waals surface area contributed by atoms with Crippen molar-refractivity contribution >= 4 is 5.97 Å². The number of carbonyl (C=O) groups is 1. The highest BCUT2D eigenvalue weighted by Gasteiger charge is 2.33. The molecule has 0 bridgehead atoms. The lowest BCUT2D eigenvalue weighted by Crippen LogP contribution is -2.21. The van der Waals surface area contributed by atoms with Crippen LogP contribution in [0.3, 0.4) is 0 Å². The molecule has 94 valence electrons. The fourth-order valence-electron chi connectivity index (χ4n) is 2.19. The molecule has 0 radical (unpaired) electrons. The number of carboxylic acid groups (broad SMARTS) is 1. The fraction of sp³-hybridized carbons (Fsp3) is 0.615. The summed E-state index contributed by atoms with van der Waals surface area (Å²) >= 11 is 0. The summed E-state index contributed by atoms with van der Waals surface area (Å²) in [5, 5.41) is 8.84. The fourth-order valence-corrected chi connectivity index (χ4v) is 2.19. The Morgan fingerprint density at radius 1 is 1.65 bits per heavy atom. The Balaban J connectivity index is 1.95. The molecule has 4 heteroatoms. The van der Waals surface area contributed by atoms with Crippen LogP contribution in [0.15, 0.2) is 10.5 Å².